The van der Waals surface area contributed by atoms with Gasteiger partial charge in [0, 0.05) is 43.1 Å². The Labute approximate surface area is 165 Å². The Morgan fingerprint density at radius 1 is 1.07 bits per heavy atom. The minimum absolute atomic E-state index is 0.161. The number of nitrogens with zero attached hydrogens (tertiary/aromatic N) is 2. The van der Waals surface area contributed by atoms with E-state index in [4.69, 9.17) is 10.2 Å². The Bertz CT molecular complexity index is 797. The van der Waals surface area contributed by atoms with Gasteiger partial charge >= 0.3 is 11.9 Å². The molecule has 1 aromatic carbocycles. The van der Waals surface area contributed by atoms with Crippen molar-refractivity contribution in [2.75, 3.05) is 19.6 Å². The summed E-state index contributed by atoms with van der Waals surface area (Å²) >= 11 is 0. The topological polar surface area (TPSA) is 82.8 Å². The van der Waals surface area contributed by atoms with E-state index in [-0.39, 0.29) is 5.41 Å². The number of likely N-dealkylation sites (tertiary alicyclic amines) is 1. The minimum atomic E-state index is -1.26. The molecule has 1 atom stereocenters. The van der Waals surface area contributed by atoms with Crippen molar-refractivity contribution in [1.82, 2.24) is 9.47 Å². The Balaban J connectivity index is 0.000000300. The fourth-order valence-corrected chi connectivity index (χ4v) is 3.85. The van der Waals surface area contributed by atoms with Gasteiger partial charge in [0.1, 0.15) is 0 Å². The Hall–Kier alpha value is -2.86. The predicted octanol–water partition coefficient (Wildman–Crippen LogP) is 3.14. The van der Waals surface area contributed by atoms with Gasteiger partial charge in [0.05, 0.1) is 0 Å². The van der Waals surface area contributed by atoms with Gasteiger partial charge in [-0.1, -0.05) is 37.3 Å². The molecule has 6 heteroatoms. The van der Waals surface area contributed by atoms with Crippen LogP contribution in [-0.2, 0) is 22.1 Å². The van der Waals surface area contributed by atoms with Crippen LogP contribution in [0, 0.1) is 0 Å². The van der Waals surface area contributed by atoms with Crippen LogP contribution >= 0.6 is 0 Å². The van der Waals surface area contributed by atoms with Crippen LogP contribution in [0.2, 0.25) is 0 Å². The summed E-state index contributed by atoms with van der Waals surface area (Å²) in [7, 11) is 2.17. The third-order valence-corrected chi connectivity index (χ3v) is 5.02. The van der Waals surface area contributed by atoms with Gasteiger partial charge in [0.15, 0.2) is 0 Å². The fraction of sp³-hybridized carbons (Fsp3) is 0.364. The van der Waals surface area contributed by atoms with Gasteiger partial charge in [-0.2, -0.15) is 0 Å². The smallest absolute Gasteiger partial charge is 0.328 e. The molecule has 2 aromatic rings. The highest BCUT2D eigenvalue weighted by molar-refractivity contribution is 5.89. The highest BCUT2D eigenvalue weighted by atomic mass is 16.4. The lowest BCUT2D eigenvalue weighted by molar-refractivity contribution is -0.134. The molecule has 0 amide bonds. The summed E-state index contributed by atoms with van der Waals surface area (Å²) in [6.45, 7) is 5.82. The van der Waals surface area contributed by atoms with E-state index in [0.29, 0.717) is 12.2 Å². The van der Waals surface area contributed by atoms with Crippen molar-refractivity contribution in [1.29, 1.82) is 0 Å². The zero-order chi connectivity index (χ0) is 20.6. The molecule has 1 unspecified atom stereocenters. The lowest BCUT2D eigenvalue weighted by atomic mass is 9.76. The second-order valence-electron chi connectivity index (χ2n) is 6.99. The number of rotatable bonds is 6. The summed E-state index contributed by atoms with van der Waals surface area (Å²) in [6.07, 6.45) is 5.74. The van der Waals surface area contributed by atoms with Crippen molar-refractivity contribution in [2.45, 2.75) is 25.2 Å². The molecule has 0 bridgehead atoms. The monoisotopic (exact) mass is 384 g/mol. The number of aryl methyl sites for hydroxylation is 1. The highest BCUT2D eigenvalue weighted by Crippen LogP contribution is 2.40. The Kier molecular flexibility index (Phi) is 7.58. The van der Waals surface area contributed by atoms with Crippen molar-refractivity contribution in [2.24, 2.45) is 7.05 Å². The van der Waals surface area contributed by atoms with E-state index in [9.17, 15) is 9.59 Å². The number of hydrogen-bond donors (Lipinski definition) is 2. The maximum Gasteiger partial charge on any atom is 0.328 e. The van der Waals surface area contributed by atoms with E-state index in [0.717, 1.165) is 6.54 Å². The molecular weight excluding hydrogens is 356 g/mol. The van der Waals surface area contributed by atoms with Crippen LogP contribution in [0.5, 0.6) is 0 Å². The van der Waals surface area contributed by atoms with Crippen molar-refractivity contribution >= 4 is 11.9 Å². The number of carbonyl (C=O) groups is 2. The molecule has 1 saturated heterocycles. The zero-order valence-corrected chi connectivity index (χ0v) is 16.4. The second-order valence-corrected chi connectivity index (χ2v) is 6.99. The molecule has 6 nitrogen and oxygen atoms in total. The van der Waals surface area contributed by atoms with Crippen LogP contribution in [0.25, 0.3) is 0 Å². The summed E-state index contributed by atoms with van der Waals surface area (Å²) in [6, 6.07) is 15.5. The van der Waals surface area contributed by atoms with E-state index >= 15 is 0 Å². The van der Waals surface area contributed by atoms with Crippen LogP contribution < -0.4 is 0 Å². The first-order chi connectivity index (χ1) is 13.4. The summed E-state index contributed by atoms with van der Waals surface area (Å²) in [5.41, 5.74) is 3.07. The Morgan fingerprint density at radius 3 is 2.21 bits per heavy atom. The number of aromatic nitrogens is 1. The molecule has 0 saturated carbocycles. The quantitative estimate of drug-likeness (QED) is 0.748. The molecule has 0 radical (unpaired) electrons. The van der Waals surface area contributed by atoms with Crippen molar-refractivity contribution in [3.63, 3.8) is 0 Å². The molecule has 1 aromatic heterocycles. The summed E-state index contributed by atoms with van der Waals surface area (Å²) in [5.74, 6) is -2.51. The van der Waals surface area contributed by atoms with E-state index in [2.05, 4.69) is 72.1 Å². The van der Waals surface area contributed by atoms with Crippen LogP contribution in [0.3, 0.4) is 0 Å². The normalized spacial score (nSPS) is 19.4. The third-order valence-electron chi connectivity index (χ3n) is 5.02. The highest BCUT2D eigenvalue weighted by Gasteiger charge is 2.42. The average molecular weight is 384 g/mol. The molecule has 1 fully saturated rings. The fourth-order valence-electron chi connectivity index (χ4n) is 3.85. The van der Waals surface area contributed by atoms with Crippen LogP contribution in [0.15, 0.2) is 60.8 Å². The third kappa shape index (κ3) is 5.33. The van der Waals surface area contributed by atoms with E-state index in [1.54, 1.807) is 0 Å². The maximum atomic E-state index is 9.55. The summed E-state index contributed by atoms with van der Waals surface area (Å²) < 4.78 is 2.29. The van der Waals surface area contributed by atoms with E-state index in [1.807, 2.05) is 0 Å². The summed E-state index contributed by atoms with van der Waals surface area (Å²) in [5, 5.41) is 15.6. The van der Waals surface area contributed by atoms with Gasteiger partial charge in [-0.05, 0) is 43.6 Å². The average Bonchev–Trinajstić information content (AvgIpc) is 3.29. The molecule has 2 heterocycles. The molecule has 1 aliphatic heterocycles. The first-order valence-electron chi connectivity index (χ1n) is 9.42. The SMILES string of the molecule is CCCN1CCC(c2ccccc2)(c2cccn2C)C1.O=C(O)/C=C/C(=O)O. The number of carboxylic acid groups (broad SMARTS) is 2. The van der Waals surface area contributed by atoms with Gasteiger partial charge in [-0.15, -0.1) is 0 Å². The zero-order valence-electron chi connectivity index (χ0n) is 16.4. The predicted molar refractivity (Wildman–Crippen MR) is 108 cm³/mol. The standard InChI is InChI=1S/C18H24N2.C4H4O4/c1-3-12-20-14-11-18(15-20,16-8-5-4-6-9-16)17-10-7-13-19(17)2;5-3(6)1-2-4(7)8/h4-10,13H,3,11-12,14-15H2,1-2H3;1-2H,(H,5,6)(H,7,8)/b;2-1+. The van der Waals surface area contributed by atoms with E-state index in [1.165, 1.54) is 37.2 Å². The Morgan fingerprint density at radius 2 is 1.71 bits per heavy atom. The molecule has 150 valence electrons. The number of benzene rings is 1. The number of aliphatic carboxylic acids is 2. The largest absolute Gasteiger partial charge is 0.478 e. The van der Waals surface area contributed by atoms with Crippen molar-refractivity contribution in [3.05, 3.63) is 72.1 Å². The molecule has 2 N–H and O–H groups in total. The number of carboxylic acids is 2. The molecule has 0 spiro atoms. The number of hydrogen-bond acceptors (Lipinski definition) is 3. The van der Waals surface area contributed by atoms with Gasteiger partial charge < -0.3 is 19.7 Å². The van der Waals surface area contributed by atoms with Crippen LogP contribution in [-0.4, -0.2) is 51.3 Å². The van der Waals surface area contributed by atoms with Gasteiger partial charge in [0.2, 0.25) is 0 Å². The van der Waals surface area contributed by atoms with Crippen LogP contribution in [0.4, 0.5) is 0 Å². The van der Waals surface area contributed by atoms with Crippen molar-refractivity contribution in [3.8, 4) is 0 Å². The van der Waals surface area contributed by atoms with Gasteiger partial charge in [0.25, 0.3) is 0 Å². The molecule has 3 rings (SSSR count). The minimum Gasteiger partial charge on any atom is -0.478 e. The van der Waals surface area contributed by atoms with Crippen LogP contribution in [0.1, 0.15) is 31.0 Å². The van der Waals surface area contributed by atoms with E-state index < -0.39 is 11.9 Å². The summed E-state index contributed by atoms with van der Waals surface area (Å²) in [4.78, 5) is 21.7. The molecular formula is C22H28N2O4. The lowest BCUT2D eigenvalue weighted by Gasteiger charge is -2.31. The first-order valence-corrected chi connectivity index (χ1v) is 9.42. The second kappa shape index (κ2) is 9.90. The molecule has 0 aliphatic carbocycles. The molecule has 28 heavy (non-hydrogen) atoms. The van der Waals surface area contributed by atoms with Crippen molar-refractivity contribution < 1.29 is 19.8 Å². The van der Waals surface area contributed by atoms with Gasteiger partial charge in [-0.25, -0.2) is 9.59 Å². The maximum absolute atomic E-state index is 9.55. The molecule has 1 aliphatic rings. The lowest BCUT2D eigenvalue weighted by Crippen LogP contribution is -2.34. The van der Waals surface area contributed by atoms with Gasteiger partial charge in [-0.3, -0.25) is 0 Å². The first kappa shape index (κ1) is 21.4.